The van der Waals surface area contributed by atoms with Gasteiger partial charge < -0.3 is 15.8 Å². The van der Waals surface area contributed by atoms with Crippen LogP contribution in [0.2, 0.25) is 0 Å². The molecular formula is C20H20F3N5O. The number of rotatable bonds is 7. The fourth-order valence-corrected chi connectivity index (χ4v) is 2.84. The van der Waals surface area contributed by atoms with Gasteiger partial charge in [0.1, 0.15) is 18.1 Å². The number of aryl methyl sites for hydroxylation is 1. The van der Waals surface area contributed by atoms with Gasteiger partial charge in [-0.05, 0) is 55.9 Å². The molecule has 0 fully saturated rings. The van der Waals surface area contributed by atoms with Crippen molar-refractivity contribution in [2.75, 3.05) is 25.9 Å². The highest BCUT2D eigenvalue weighted by Gasteiger charge is 2.21. The Hall–Kier alpha value is -3.20. The van der Waals surface area contributed by atoms with E-state index in [-0.39, 0.29) is 24.1 Å². The van der Waals surface area contributed by atoms with Crippen molar-refractivity contribution < 1.29 is 17.9 Å². The quantitative estimate of drug-likeness (QED) is 0.584. The summed E-state index contributed by atoms with van der Waals surface area (Å²) in [6.07, 6.45) is -2.74. The Balaban J connectivity index is 2.25. The summed E-state index contributed by atoms with van der Waals surface area (Å²) in [5.74, 6) is -0.312. The van der Waals surface area contributed by atoms with Crippen LogP contribution < -0.4 is 15.8 Å². The number of hydrogen-bond donors (Lipinski definition) is 2. The third-order valence-electron chi connectivity index (χ3n) is 4.09. The number of nitrogens with one attached hydrogen (secondary N) is 1. The minimum absolute atomic E-state index is 0.0487. The van der Waals surface area contributed by atoms with E-state index in [9.17, 15) is 13.2 Å². The number of alkyl halides is 2. The summed E-state index contributed by atoms with van der Waals surface area (Å²) >= 11 is 0. The van der Waals surface area contributed by atoms with Crippen LogP contribution in [-0.2, 0) is 0 Å². The minimum Gasteiger partial charge on any atom is -0.476 e. The molecule has 1 aromatic carbocycles. The van der Waals surface area contributed by atoms with Crippen molar-refractivity contribution in [3.8, 4) is 28.3 Å². The van der Waals surface area contributed by atoms with E-state index in [4.69, 9.17) is 10.5 Å². The molecule has 0 unspecified atom stereocenters. The molecule has 152 valence electrons. The van der Waals surface area contributed by atoms with Crippen LogP contribution in [0.4, 0.5) is 19.1 Å². The van der Waals surface area contributed by atoms with E-state index in [1.54, 1.807) is 20.0 Å². The number of hydrogen-bond acceptors (Lipinski definition) is 6. The molecule has 0 spiro atoms. The molecule has 0 aliphatic carbocycles. The van der Waals surface area contributed by atoms with E-state index in [2.05, 4.69) is 20.3 Å². The number of aromatic nitrogens is 3. The van der Waals surface area contributed by atoms with Crippen LogP contribution >= 0.6 is 0 Å². The summed E-state index contributed by atoms with van der Waals surface area (Å²) in [4.78, 5) is 12.3. The number of anilines is 1. The number of nitrogens with two attached hydrogens (primary N) is 1. The van der Waals surface area contributed by atoms with Crippen LogP contribution in [0, 0.1) is 12.7 Å². The fraction of sp³-hybridized carbons (Fsp3) is 0.250. The third kappa shape index (κ3) is 4.80. The van der Waals surface area contributed by atoms with Gasteiger partial charge in [-0.25, -0.2) is 18.2 Å². The van der Waals surface area contributed by atoms with E-state index in [0.717, 1.165) is 0 Å². The zero-order chi connectivity index (χ0) is 21.0. The van der Waals surface area contributed by atoms with Crippen LogP contribution in [0.5, 0.6) is 5.88 Å². The number of nitrogens with zero attached hydrogens (tertiary/aromatic N) is 3. The lowest BCUT2D eigenvalue weighted by Gasteiger charge is -2.16. The monoisotopic (exact) mass is 403 g/mol. The summed E-state index contributed by atoms with van der Waals surface area (Å²) in [5.41, 5.74) is 7.58. The highest BCUT2D eigenvalue weighted by molar-refractivity contribution is 5.85. The number of halogens is 3. The van der Waals surface area contributed by atoms with Gasteiger partial charge in [-0.15, -0.1) is 0 Å². The first-order valence-corrected chi connectivity index (χ1v) is 8.87. The Morgan fingerprint density at radius 3 is 2.45 bits per heavy atom. The van der Waals surface area contributed by atoms with Gasteiger partial charge in [-0.2, -0.15) is 4.98 Å². The van der Waals surface area contributed by atoms with Crippen molar-refractivity contribution in [1.82, 2.24) is 20.3 Å². The number of nitrogen functional groups attached to an aromatic ring is 1. The summed E-state index contributed by atoms with van der Waals surface area (Å²) in [6.45, 7) is 2.42. The van der Waals surface area contributed by atoms with Crippen LogP contribution in [0.25, 0.3) is 22.4 Å². The standard InChI is InChI=1S/C20H20F3N5O/c1-11-9-13(10-15(26-11)18(22)23)16-17(12-3-5-14(21)6-4-12)27-20(24)28-19(16)29-8-7-25-2/h3-6,9-10,18,25H,7-8H2,1-2H3,(H2,24,27,28). The van der Waals surface area contributed by atoms with Gasteiger partial charge in [0.2, 0.25) is 11.8 Å². The molecule has 9 heteroatoms. The van der Waals surface area contributed by atoms with E-state index >= 15 is 0 Å². The van der Waals surface area contributed by atoms with Crippen molar-refractivity contribution in [2.24, 2.45) is 0 Å². The summed E-state index contributed by atoms with van der Waals surface area (Å²) in [5, 5.41) is 2.95. The smallest absolute Gasteiger partial charge is 0.280 e. The van der Waals surface area contributed by atoms with E-state index in [1.807, 2.05) is 0 Å². The van der Waals surface area contributed by atoms with Gasteiger partial charge in [0.15, 0.2) is 0 Å². The first-order valence-electron chi connectivity index (χ1n) is 8.87. The van der Waals surface area contributed by atoms with Gasteiger partial charge in [0.25, 0.3) is 6.43 Å². The van der Waals surface area contributed by atoms with E-state index in [1.165, 1.54) is 30.3 Å². The van der Waals surface area contributed by atoms with Crippen molar-refractivity contribution in [2.45, 2.75) is 13.3 Å². The molecule has 29 heavy (non-hydrogen) atoms. The van der Waals surface area contributed by atoms with Crippen molar-refractivity contribution in [3.05, 3.63) is 53.6 Å². The van der Waals surface area contributed by atoms with Crippen LogP contribution in [0.1, 0.15) is 17.8 Å². The normalized spacial score (nSPS) is 11.1. The minimum atomic E-state index is -2.74. The molecule has 6 nitrogen and oxygen atoms in total. The maximum absolute atomic E-state index is 13.4. The molecule has 0 aliphatic rings. The Morgan fingerprint density at radius 1 is 1.07 bits per heavy atom. The molecule has 3 N–H and O–H groups in total. The van der Waals surface area contributed by atoms with Crippen molar-refractivity contribution >= 4 is 5.95 Å². The van der Waals surface area contributed by atoms with E-state index in [0.29, 0.717) is 34.6 Å². The van der Waals surface area contributed by atoms with E-state index < -0.39 is 12.2 Å². The van der Waals surface area contributed by atoms with Gasteiger partial charge in [-0.3, -0.25) is 4.98 Å². The van der Waals surface area contributed by atoms with Gasteiger partial charge in [0, 0.05) is 17.8 Å². The zero-order valence-corrected chi connectivity index (χ0v) is 15.9. The average Bonchev–Trinajstić information content (AvgIpc) is 2.67. The van der Waals surface area contributed by atoms with Gasteiger partial charge in [0.05, 0.1) is 11.3 Å². The predicted molar refractivity (Wildman–Crippen MR) is 104 cm³/mol. The number of pyridine rings is 1. The van der Waals surface area contributed by atoms with Crippen LogP contribution in [0.15, 0.2) is 36.4 Å². The lowest BCUT2D eigenvalue weighted by molar-refractivity contribution is 0.146. The molecular weight excluding hydrogens is 383 g/mol. The zero-order valence-electron chi connectivity index (χ0n) is 15.9. The Morgan fingerprint density at radius 2 is 1.79 bits per heavy atom. The first kappa shape index (κ1) is 20.5. The van der Waals surface area contributed by atoms with Gasteiger partial charge in [-0.1, -0.05) is 0 Å². The van der Waals surface area contributed by atoms with Crippen LogP contribution in [-0.4, -0.2) is 35.2 Å². The topological polar surface area (TPSA) is 86.0 Å². The highest BCUT2D eigenvalue weighted by atomic mass is 19.3. The Bertz CT molecular complexity index is 996. The maximum Gasteiger partial charge on any atom is 0.280 e. The molecule has 2 aromatic heterocycles. The Kier molecular flexibility index (Phi) is 6.28. The molecule has 0 radical (unpaired) electrons. The fourth-order valence-electron chi connectivity index (χ4n) is 2.84. The summed E-state index contributed by atoms with van der Waals surface area (Å²) in [7, 11) is 1.77. The molecule has 0 atom stereocenters. The molecule has 3 rings (SSSR count). The van der Waals surface area contributed by atoms with Crippen molar-refractivity contribution in [3.63, 3.8) is 0 Å². The van der Waals surface area contributed by atoms with Gasteiger partial charge >= 0.3 is 0 Å². The highest BCUT2D eigenvalue weighted by Crippen LogP contribution is 2.39. The lowest BCUT2D eigenvalue weighted by atomic mass is 9.99. The second-order valence-electron chi connectivity index (χ2n) is 6.29. The average molecular weight is 403 g/mol. The lowest BCUT2D eigenvalue weighted by Crippen LogP contribution is -2.17. The summed E-state index contributed by atoms with van der Waals surface area (Å²) < 4.78 is 45.8. The third-order valence-corrected chi connectivity index (χ3v) is 4.09. The SMILES string of the molecule is CNCCOc1nc(N)nc(-c2ccc(F)cc2)c1-c1cc(C)nc(C(F)F)c1. The predicted octanol–water partition coefficient (Wildman–Crippen LogP) is 3.77. The molecule has 2 heterocycles. The summed E-state index contributed by atoms with van der Waals surface area (Å²) in [6, 6.07) is 8.52. The molecule has 0 aliphatic heterocycles. The number of ether oxygens (including phenoxy) is 1. The van der Waals surface area contributed by atoms with Crippen molar-refractivity contribution in [1.29, 1.82) is 0 Å². The number of likely N-dealkylation sites (N-methyl/N-ethyl adjacent to an activating group) is 1. The first-order chi connectivity index (χ1) is 13.9. The molecule has 0 bridgehead atoms. The Labute approximate surface area is 166 Å². The second kappa shape index (κ2) is 8.87. The molecule has 0 amide bonds. The largest absolute Gasteiger partial charge is 0.476 e. The molecule has 3 aromatic rings. The number of benzene rings is 1. The molecule has 0 saturated carbocycles. The maximum atomic E-state index is 13.4. The molecule has 0 saturated heterocycles. The second-order valence-corrected chi connectivity index (χ2v) is 6.29. The van der Waals surface area contributed by atoms with Crippen LogP contribution in [0.3, 0.4) is 0 Å².